The van der Waals surface area contributed by atoms with Crippen molar-refractivity contribution in [3.8, 4) is 0 Å². The number of aryl methyl sites for hydroxylation is 1. The monoisotopic (exact) mass is 390 g/mol. The molecule has 0 spiro atoms. The van der Waals surface area contributed by atoms with Crippen LogP contribution in [0.2, 0.25) is 0 Å². The van der Waals surface area contributed by atoms with E-state index in [1.807, 2.05) is 0 Å². The van der Waals surface area contributed by atoms with Gasteiger partial charge in [-0.3, -0.25) is 4.79 Å². The van der Waals surface area contributed by atoms with Gasteiger partial charge >= 0.3 is 0 Å². The first kappa shape index (κ1) is 20.2. The number of amides is 1. The predicted octanol–water partition coefficient (Wildman–Crippen LogP) is 1.10. The third-order valence-corrected chi connectivity index (χ3v) is 6.66. The van der Waals surface area contributed by atoms with Gasteiger partial charge in [0.05, 0.1) is 0 Å². The van der Waals surface area contributed by atoms with E-state index in [0.29, 0.717) is 18.8 Å². The summed E-state index contributed by atoms with van der Waals surface area (Å²) < 4.78 is 28.6. The van der Waals surface area contributed by atoms with Crippen molar-refractivity contribution in [1.29, 1.82) is 0 Å². The second kappa shape index (κ2) is 8.53. The number of hydrogen-bond acceptors (Lipinski definition) is 4. The maximum Gasteiger partial charge on any atom is 0.268 e. The van der Waals surface area contributed by atoms with Crippen molar-refractivity contribution in [3.63, 3.8) is 0 Å². The Balaban J connectivity index is 0.00000225. The van der Waals surface area contributed by atoms with Crippen molar-refractivity contribution in [2.24, 2.45) is 7.05 Å². The van der Waals surface area contributed by atoms with Crippen molar-refractivity contribution < 1.29 is 13.2 Å². The molecule has 0 aromatic carbocycles. The summed E-state index contributed by atoms with van der Waals surface area (Å²) in [6.07, 6.45) is 6.39. The molecule has 1 unspecified atom stereocenters. The van der Waals surface area contributed by atoms with Crippen LogP contribution in [0, 0.1) is 0 Å². The van der Waals surface area contributed by atoms with Gasteiger partial charge in [-0.05, 0) is 38.3 Å². The van der Waals surface area contributed by atoms with Gasteiger partial charge in [0, 0.05) is 38.9 Å². The molecule has 0 bridgehead atoms. The number of hydrogen-bond donors (Lipinski definition) is 2. The van der Waals surface area contributed by atoms with Crippen molar-refractivity contribution in [1.82, 2.24) is 19.5 Å². The van der Waals surface area contributed by atoms with E-state index in [4.69, 9.17) is 0 Å². The molecule has 0 aliphatic carbocycles. The SMILES string of the molecule is Cl.Cn1cc(S(=O)(=O)N2CCCCC2)cc1C(=O)NC1CCCNC1. The van der Waals surface area contributed by atoms with Gasteiger partial charge in [-0.25, -0.2) is 8.42 Å². The molecule has 2 aliphatic rings. The van der Waals surface area contributed by atoms with Crippen LogP contribution in [0.5, 0.6) is 0 Å². The fourth-order valence-electron chi connectivity index (χ4n) is 3.39. The van der Waals surface area contributed by atoms with Gasteiger partial charge in [0.1, 0.15) is 10.6 Å². The second-order valence-electron chi connectivity index (χ2n) is 6.65. The highest BCUT2D eigenvalue weighted by atomic mass is 35.5. The van der Waals surface area contributed by atoms with Gasteiger partial charge in [0.2, 0.25) is 10.0 Å². The van der Waals surface area contributed by atoms with Crippen molar-refractivity contribution in [2.45, 2.75) is 43.0 Å². The Bertz CT molecular complexity index is 692. The van der Waals surface area contributed by atoms with E-state index in [1.54, 1.807) is 11.6 Å². The molecule has 2 saturated heterocycles. The minimum Gasteiger partial charge on any atom is -0.347 e. The summed E-state index contributed by atoms with van der Waals surface area (Å²) in [6, 6.07) is 1.60. The summed E-state index contributed by atoms with van der Waals surface area (Å²) in [4.78, 5) is 12.7. The Kier molecular flexibility index (Phi) is 6.90. The summed E-state index contributed by atoms with van der Waals surface area (Å²) in [5.74, 6) is -0.216. The van der Waals surface area contributed by atoms with E-state index in [9.17, 15) is 13.2 Å². The van der Waals surface area contributed by atoms with E-state index in [1.165, 1.54) is 16.6 Å². The second-order valence-corrected chi connectivity index (χ2v) is 8.59. The Morgan fingerprint density at radius 1 is 1.24 bits per heavy atom. The average molecular weight is 391 g/mol. The summed E-state index contributed by atoms with van der Waals surface area (Å²) >= 11 is 0. The largest absolute Gasteiger partial charge is 0.347 e. The maximum atomic E-state index is 12.7. The Morgan fingerprint density at radius 3 is 2.60 bits per heavy atom. The highest BCUT2D eigenvalue weighted by Gasteiger charge is 2.29. The Labute approximate surface area is 155 Å². The van der Waals surface area contributed by atoms with Crippen molar-refractivity contribution in [3.05, 3.63) is 18.0 Å². The molecule has 9 heteroatoms. The molecule has 3 heterocycles. The summed E-state index contributed by atoms with van der Waals surface area (Å²) in [7, 11) is -1.80. The quantitative estimate of drug-likeness (QED) is 0.806. The first-order valence-electron chi connectivity index (χ1n) is 8.66. The topological polar surface area (TPSA) is 83.4 Å². The molecule has 1 atom stereocenters. The summed E-state index contributed by atoms with van der Waals surface area (Å²) in [5, 5.41) is 6.24. The minimum absolute atomic E-state index is 0. The zero-order valence-electron chi connectivity index (χ0n) is 14.5. The number of aromatic nitrogens is 1. The molecule has 2 aliphatic heterocycles. The number of halogens is 1. The maximum absolute atomic E-state index is 12.7. The molecule has 2 N–H and O–H groups in total. The molecule has 142 valence electrons. The number of carbonyl (C=O) groups is 1. The Hall–Kier alpha value is -1.09. The van der Waals surface area contributed by atoms with Crippen LogP contribution in [0.1, 0.15) is 42.6 Å². The lowest BCUT2D eigenvalue weighted by atomic mass is 10.1. The lowest BCUT2D eigenvalue weighted by Gasteiger charge is -2.25. The number of carbonyl (C=O) groups excluding carboxylic acids is 1. The molecule has 7 nitrogen and oxygen atoms in total. The van der Waals surface area contributed by atoms with Gasteiger partial charge in [0.15, 0.2) is 0 Å². The van der Waals surface area contributed by atoms with Crippen molar-refractivity contribution >= 4 is 28.3 Å². The molecule has 0 radical (unpaired) electrons. The summed E-state index contributed by atoms with van der Waals surface area (Å²) in [6.45, 7) is 2.86. The smallest absolute Gasteiger partial charge is 0.268 e. The zero-order valence-corrected chi connectivity index (χ0v) is 16.2. The Morgan fingerprint density at radius 2 is 1.96 bits per heavy atom. The molecule has 25 heavy (non-hydrogen) atoms. The highest BCUT2D eigenvalue weighted by molar-refractivity contribution is 7.89. The van der Waals surface area contributed by atoms with E-state index < -0.39 is 10.0 Å². The van der Waals surface area contributed by atoms with Crippen LogP contribution >= 0.6 is 12.4 Å². The molecule has 0 saturated carbocycles. The number of nitrogens with zero attached hydrogens (tertiary/aromatic N) is 2. The average Bonchev–Trinajstić information content (AvgIpc) is 2.99. The third-order valence-electron chi connectivity index (χ3n) is 4.80. The number of nitrogens with one attached hydrogen (secondary N) is 2. The van der Waals surface area contributed by atoms with Crippen LogP contribution in [-0.4, -0.2) is 55.4 Å². The van der Waals surface area contributed by atoms with Crippen LogP contribution in [0.25, 0.3) is 0 Å². The van der Waals surface area contributed by atoms with E-state index in [2.05, 4.69) is 10.6 Å². The zero-order chi connectivity index (χ0) is 17.2. The van der Waals surface area contributed by atoms with Gasteiger partial charge in [-0.1, -0.05) is 6.42 Å². The predicted molar refractivity (Wildman–Crippen MR) is 98.6 cm³/mol. The molecule has 3 rings (SSSR count). The van der Waals surface area contributed by atoms with Gasteiger partial charge < -0.3 is 15.2 Å². The lowest BCUT2D eigenvalue weighted by Crippen LogP contribution is -2.45. The fraction of sp³-hybridized carbons (Fsp3) is 0.688. The molecule has 2 fully saturated rings. The van der Waals surface area contributed by atoms with Crippen LogP contribution < -0.4 is 10.6 Å². The van der Waals surface area contributed by atoms with E-state index in [0.717, 1.165) is 45.2 Å². The number of rotatable bonds is 4. The molecular weight excluding hydrogens is 364 g/mol. The standard InChI is InChI=1S/C16H26N4O3S.ClH/c1-19-12-14(24(22,23)20-8-3-2-4-9-20)10-15(19)16(21)18-13-6-5-7-17-11-13;/h10,12-13,17H,2-9,11H2,1H3,(H,18,21);1H. The number of sulfonamides is 1. The third kappa shape index (κ3) is 4.55. The van der Waals surface area contributed by atoms with E-state index in [-0.39, 0.29) is 29.3 Å². The van der Waals surface area contributed by atoms with Crippen LogP contribution in [0.15, 0.2) is 17.2 Å². The van der Waals surface area contributed by atoms with Crippen LogP contribution in [-0.2, 0) is 17.1 Å². The normalized spacial score (nSPS) is 22.2. The van der Waals surface area contributed by atoms with E-state index >= 15 is 0 Å². The molecule has 1 aromatic heterocycles. The van der Waals surface area contributed by atoms with Gasteiger partial charge in [-0.2, -0.15) is 4.31 Å². The van der Waals surface area contributed by atoms with Crippen molar-refractivity contribution in [2.75, 3.05) is 26.2 Å². The highest BCUT2D eigenvalue weighted by Crippen LogP contribution is 2.22. The van der Waals surface area contributed by atoms with Gasteiger partial charge in [-0.15, -0.1) is 12.4 Å². The lowest BCUT2D eigenvalue weighted by molar-refractivity contribution is 0.0922. The summed E-state index contributed by atoms with van der Waals surface area (Å²) in [5.41, 5.74) is 0.385. The number of piperidine rings is 2. The first-order chi connectivity index (χ1) is 11.5. The van der Waals surface area contributed by atoms with Crippen LogP contribution in [0.4, 0.5) is 0 Å². The van der Waals surface area contributed by atoms with Gasteiger partial charge in [0.25, 0.3) is 5.91 Å². The molecule has 1 amide bonds. The molecule has 1 aromatic rings. The minimum atomic E-state index is -3.51. The van der Waals surface area contributed by atoms with Crippen LogP contribution in [0.3, 0.4) is 0 Å². The fourth-order valence-corrected chi connectivity index (χ4v) is 4.98. The molecular formula is C16H27ClN4O3S. The first-order valence-corrected chi connectivity index (χ1v) is 10.1.